The van der Waals surface area contributed by atoms with Crippen LogP contribution in [0, 0.1) is 0 Å². The molecule has 4 rings (SSSR count). The van der Waals surface area contributed by atoms with Gasteiger partial charge in [0, 0.05) is 0 Å². The highest BCUT2D eigenvalue weighted by Gasteiger charge is 2.29. The number of nitrogens with zero attached hydrogens (tertiary/aromatic N) is 2. The van der Waals surface area contributed by atoms with Crippen molar-refractivity contribution >= 4 is 29.4 Å². The van der Waals surface area contributed by atoms with Crippen LogP contribution >= 0.6 is 0 Å². The van der Waals surface area contributed by atoms with Gasteiger partial charge in [-0.1, -0.05) is 6.07 Å². The van der Waals surface area contributed by atoms with E-state index in [-0.39, 0.29) is 18.3 Å². The molecule has 0 unspecified atom stereocenters. The Balaban J connectivity index is 1.63. The fraction of sp³-hybridized carbons (Fsp3) is 0.105. The second-order valence-electron chi connectivity index (χ2n) is 5.83. The molecule has 7 nitrogen and oxygen atoms in total. The van der Waals surface area contributed by atoms with Crippen LogP contribution in [0.4, 0.5) is 5.69 Å². The molecule has 1 amide bonds. The van der Waals surface area contributed by atoms with Gasteiger partial charge in [-0.25, -0.2) is 4.79 Å². The van der Waals surface area contributed by atoms with Gasteiger partial charge in [-0.05, 0) is 55.0 Å². The van der Waals surface area contributed by atoms with E-state index < -0.39 is 5.97 Å². The van der Waals surface area contributed by atoms with Crippen LogP contribution in [0.1, 0.15) is 22.8 Å². The van der Waals surface area contributed by atoms with Crippen molar-refractivity contribution < 1.29 is 24.2 Å². The normalized spacial score (nSPS) is 17.0. The molecule has 130 valence electrons. The molecule has 2 aliphatic rings. The minimum Gasteiger partial charge on any atom is -0.478 e. The summed E-state index contributed by atoms with van der Waals surface area (Å²) in [6, 6.07) is 11.4. The van der Waals surface area contributed by atoms with Crippen LogP contribution in [0.25, 0.3) is 6.08 Å². The summed E-state index contributed by atoms with van der Waals surface area (Å²) in [7, 11) is 0. The van der Waals surface area contributed by atoms with Gasteiger partial charge in [0.2, 0.25) is 6.79 Å². The molecule has 0 bridgehead atoms. The number of anilines is 1. The Morgan fingerprint density at radius 3 is 2.62 bits per heavy atom. The first kappa shape index (κ1) is 15.9. The molecular formula is C19H14N2O5. The van der Waals surface area contributed by atoms with E-state index in [9.17, 15) is 9.59 Å². The lowest BCUT2D eigenvalue weighted by atomic mass is 10.1. The number of aromatic carboxylic acids is 1. The molecule has 2 aliphatic heterocycles. The van der Waals surface area contributed by atoms with Crippen molar-refractivity contribution in [3.05, 3.63) is 59.2 Å². The number of carbonyl (C=O) groups is 2. The fourth-order valence-electron chi connectivity index (χ4n) is 2.77. The highest BCUT2D eigenvalue weighted by Crippen LogP contribution is 2.34. The monoisotopic (exact) mass is 350 g/mol. The first-order chi connectivity index (χ1) is 12.5. The Hall–Kier alpha value is -3.61. The molecule has 0 fully saturated rings. The standard InChI is InChI=1S/C19H14N2O5/c1-11-15(8-12-2-7-16-17(9-12)26-10-25-16)18(22)21(20-11)14-5-3-13(4-6-14)19(23)24/h2-9H,10H2,1H3,(H,23,24). The van der Waals surface area contributed by atoms with E-state index in [0.717, 1.165) is 5.56 Å². The summed E-state index contributed by atoms with van der Waals surface area (Å²) >= 11 is 0. The maximum atomic E-state index is 12.7. The van der Waals surface area contributed by atoms with Crippen molar-refractivity contribution in [2.24, 2.45) is 5.10 Å². The highest BCUT2D eigenvalue weighted by molar-refractivity contribution is 6.32. The number of rotatable bonds is 3. The zero-order valence-corrected chi connectivity index (χ0v) is 13.8. The lowest BCUT2D eigenvalue weighted by molar-refractivity contribution is -0.114. The number of hydrogen-bond acceptors (Lipinski definition) is 5. The van der Waals surface area contributed by atoms with Gasteiger partial charge in [-0.2, -0.15) is 10.1 Å². The van der Waals surface area contributed by atoms with Crippen LogP contribution in [-0.2, 0) is 4.79 Å². The third-order valence-corrected chi connectivity index (χ3v) is 4.13. The molecule has 2 aromatic rings. The third-order valence-electron chi connectivity index (χ3n) is 4.13. The van der Waals surface area contributed by atoms with Crippen molar-refractivity contribution in [2.45, 2.75) is 6.92 Å². The summed E-state index contributed by atoms with van der Waals surface area (Å²) in [4.78, 5) is 23.7. The van der Waals surface area contributed by atoms with E-state index in [2.05, 4.69) is 5.10 Å². The van der Waals surface area contributed by atoms with Gasteiger partial charge in [-0.3, -0.25) is 4.79 Å². The molecule has 2 aromatic carbocycles. The Bertz CT molecular complexity index is 976. The summed E-state index contributed by atoms with van der Waals surface area (Å²) < 4.78 is 10.6. The average Bonchev–Trinajstić information content (AvgIpc) is 3.21. The molecule has 0 aromatic heterocycles. The Morgan fingerprint density at radius 2 is 1.88 bits per heavy atom. The van der Waals surface area contributed by atoms with E-state index in [0.29, 0.717) is 28.5 Å². The molecule has 26 heavy (non-hydrogen) atoms. The zero-order valence-electron chi connectivity index (χ0n) is 13.8. The number of ether oxygens (including phenoxy) is 2. The maximum Gasteiger partial charge on any atom is 0.335 e. The second-order valence-corrected chi connectivity index (χ2v) is 5.83. The fourth-order valence-corrected chi connectivity index (χ4v) is 2.77. The van der Waals surface area contributed by atoms with Crippen LogP contribution in [0.3, 0.4) is 0 Å². The molecule has 7 heteroatoms. The molecular weight excluding hydrogens is 336 g/mol. The van der Waals surface area contributed by atoms with Crippen molar-refractivity contribution in [3.8, 4) is 11.5 Å². The summed E-state index contributed by atoms with van der Waals surface area (Å²) in [5.74, 6) is 0.0200. The van der Waals surface area contributed by atoms with Gasteiger partial charge in [-0.15, -0.1) is 0 Å². The molecule has 0 saturated carbocycles. The molecule has 0 atom stereocenters. The Kier molecular flexibility index (Phi) is 3.69. The molecule has 0 spiro atoms. The quantitative estimate of drug-likeness (QED) is 0.860. The third kappa shape index (κ3) is 2.69. The molecule has 0 saturated heterocycles. The van der Waals surface area contributed by atoms with Gasteiger partial charge in [0.1, 0.15) is 0 Å². The molecule has 2 heterocycles. The maximum absolute atomic E-state index is 12.7. The number of carboxylic acids is 1. The Labute approximate surface area is 148 Å². The minimum absolute atomic E-state index is 0.150. The summed E-state index contributed by atoms with van der Waals surface area (Å²) in [5.41, 5.74) is 2.50. The van der Waals surface area contributed by atoms with E-state index >= 15 is 0 Å². The number of amides is 1. The van der Waals surface area contributed by atoms with Crippen LogP contribution < -0.4 is 14.5 Å². The lowest BCUT2D eigenvalue weighted by Gasteiger charge is -2.11. The first-order valence-electron chi connectivity index (χ1n) is 7.88. The second kappa shape index (κ2) is 6.03. The SMILES string of the molecule is CC1=NN(c2ccc(C(=O)O)cc2)C(=O)C1=Cc1ccc2c(c1)OCO2. The molecule has 1 N–H and O–H groups in total. The number of carbonyl (C=O) groups excluding carboxylic acids is 1. The molecule has 0 aliphatic carbocycles. The number of hydrogen-bond donors (Lipinski definition) is 1. The van der Waals surface area contributed by atoms with Crippen LogP contribution in [0.2, 0.25) is 0 Å². The number of carboxylic acid groups (broad SMARTS) is 1. The van der Waals surface area contributed by atoms with Crippen molar-refractivity contribution in [2.75, 3.05) is 11.8 Å². The van der Waals surface area contributed by atoms with Crippen molar-refractivity contribution in [1.82, 2.24) is 0 Å². The van der Waals surface area contributed by atoms with Gasteiger partial charge in [0.25, 0.3) is 5.91 Å². The van der Waals surface area contributed by atoms with E-state index in [1.54, 1.807) is 37.3 Å². The molecule has 0 radical (unpaired) electrons. The number of hydrazone groups is 1. The van der Waals surface area contributed by atoms with Gasteiger partial charge >= 0.3 is 5.97 Å². The Morgan fingerprint density at radius 1 is 1.15 bits per heavy atom. The van der Waals surface area contributed by atoms with Gasteiger partial charge in [0.05, 0.1) is 22.5 Å². The van der Waals surface area contributed by atoms with Crippen molar-refractivity contribution in [1.29, 1.82) is 0 Å². The predicted octanol–water partition coefficient (Wildman–Crippen LogP) is 2.92. The predicted molar refractivity (Wildman–Crippen MR) is 94.5 cm³/mol. The average molecular weight is 350 g/mol. The van der Waals surface area contributed by atoms with Gasteiger partial charge in [0.15, 0.2) is 11.5 Å². The summed E-state index contributed by atoms with van der Waals surface area (Å²) in [5, 5.41) is 14.5. The van der Waals surface area contributed by atoms with E-state index in [1.807, 2.05) is 6.07 Å². The lowest BCUT2D eigenvalue weighted by Crippen LogP contribution is -2.21. The number of fused-ring (bicyclic) bond motifs is 1. The highest BCUT2D eigenvalue weighted by atomic mass is 16.7. The summed E-state index contributed by atoms with van der Waals surface area (Å²) in [6.45, 7) is 1.94. The zero-order chi connectivity index (χ0) is 18.3. The van der Waals surface area contributed by atoms with E-state index in [4.69, 9.17) is 14.6 Å². The van der Waals surface area contributed by atoms with Gasteiger partial charge < -0.3 is 14.6 Å². The summed E-state index contributed by atoms with van der Waals surface area (Å²) in [6.07, 6.45) is 1.74. The largest absolute Gasteiger partial charge is 0.478 e. The van der Waals surface area contributed by atoms with Crippen LogP contribution in [0.15, 0.2) is 53.1 Å². The van der Waals surface area contributed by atoms with E-state index in [1.165, 1.54) is 17.1 Å². The minimum atomic E-state index is -1.02. The smallest absolute Gasteiger partial charge is 0.335 e. The number of benzene rings is 2. The topological polar surface area (TPSA) is 88.4 Å². The first-order valence-corrected chi connectivity index (χ1v) is 7.88. The van der Waals surface area contributed by atoms with Crippen LogP contribution in [0.5, 0.6) is 11.5 Å². The van der Waals surface area contributed by atoms with Crippen molar-refractivity contribution in [3.63, 3.8) is 0 Å². The van der Waals surface area contributed by atoms with Crippen LogP contribution in [-0.4, -0.2) is 29.5 Å².